The molecule has 0 aromatic carbocycles. The Labute approximate surface area is 151 Å². The second-order valence-corrected chi connectivity index (χ2v) is 7.17. The van der Waals surface area contributed by atoms with Crippen LogP contribution in [0.25, 0.3) is 11.0 Å². The van der Waals surface area contributed by atoms with E-state index in [4.69, 9.17) is 14.9 Å². The van der Waals surface area contributed by atoms with E-state index in [1.807, 2.05) is 0 Å². The summed E-state index contributed by atoms with van der Waals surface area (Å²) in [5.41, 5.74) is 5.82. The van der Waals surface area contributed by atoms with Crippen molar-refractivity contribution >= 4 is 34.7 Å². The van der Waals surface area contributed by atoms with E-state index in [-0.39, 0.29) is 5.91 Å². The minimum Gasteiger partial charge on any atom is -0.444 e. The molecule has 9 heteroatoms. The van der Waals surface area contributed by atoms with Crippen molar-refractivity contribution in [2.24, 2.45) is 0 Å². The molecule has 26 heavy (non-hydrogen) atoms. The van der Waals surface area contributed by atoms with Crippen molar-refractivity contribution in [1.29, 1.82) is 0 Å². The molecule has 0 bridgehead atoms. The SMILES string of the molecule is CN(c1cc2c(N)nccc2o1)N1CC[C@H](NC(=O)OC(C)(C)C)C1=O. The number of hydrogen-bond acceptors (Lipinski definition) is 7. The standard InChI is InChI=1S/C17H23N5O4/c1-17(2,3)26-16(24)20-11-6-8-22(15(11)23)21(4)13-9-10-12(25-13)5-7-19-14(10)18/h5,7,9,11H,6,8H2,1-4H3,(H2,18,19)(H,20,24)/t11-/m0/s1. The molecule has 0 saturated carbocycles. The molecule has 2 amide bonds. The lowest BCUT2D eigenvalue weighted by Crippen LogP contribution is -2.47. The predicted octanol–water partition coefficient (Wildman–Crippen LogP) is 1.89. The summed E-state index contributed by atoms with van der Waals surface area (Å²) >= 11 is 0. The van der Waals surface area contributed by atoms with Gasteiger partial charge in [0.15, 0.2) is 0 Å². The average molecular weight is 361 g/mol. The highest BCUT2D eigenvalue weighted by atomic mass is 16.6. The summed E-state index contributed by atoms with van der Waals surface area (Å²) in [4.78, 5) is 28.6. The summed E-state index contributed by atoms with van der Waals surface area (Å²) in [7, 11) is 1.72. The van der Waals surface area contributed by atoms with Gasteiger partial charge in [-0.25, -0.2) is 14.8 Å². The Kier molecular flexibility index (Phi) is 4.39. The molecule has 2 aromatic rings. The van der Waals surface area contributed by atoms with Crippen LogP contribution in [0.3, 0.4) is 0 Å². The maximum atomic E-state index is 12.6. The first-order valence-electron chi connectivity index (χ1n) is 8.34. The summed E-state index contributed by atoms with van der Waals surface area (Å²) in [6, 6.07) is 2.81. The van der Waals surface area contributed by atoms with Crippen molar-refractivity contribution in [2.45, 2.75) is 38.8 Å². The van der Waals surface area contributed by atoms with Gasteiger partial charge in [-0.15, -0.1) is 0 Å². The van der Waals surface area contributed by atoms with E-state index in [2.05, 4.69) is 10.3 Å². The van der Waals surface area contributed by atoms with Gasteiger partial charge in [0.25, 0.3) is 5.91 Å². The lowest BCUT2D eigenvalue weighted by atomic mass is 10.2. The van der Waals surface area contributed by atoms with E-state index in [9.17, 15) is 9.59 Å². The Hall–Kier alpha value is -2.97. The molecule has 1 aliphatic rings. The minimum atomic E-state index is -0.636. The molecule has 0 aliphatic carbocycles. The van der Waals surface area contributed by atoms with Gasteiger partial charge in [0.2, 0.25) is 5.88 Å². The van der Waals surface area contributed by atoms with Crippen LogP contribution < -0.4 is 16.1 Å². The first-order chi connectivity index (χ1) is 12.2. The third kappa shape index (κ3) is 3.51. The number of nitrogen functional groups attached to an aromatic ring is 1. The average Bonchev–Trinajstić information content (AvgIpc) is 3.11. The van der Waals surface area contributed by atoms with Crippen LogP contribution >= 0.6 is 0 Å². The van der Waals surface area contributed by atoms with Crippen molar-refractivity contribution < 1.29 is 18.7 Å². The van der Waals surface area contributed by atoms with Gasteiger partial charge in [-0.2, -0.15) is 0 Å². The third-order valence-electron chi connectivity index (χ3n) is 4.02. The Bertz CT molecular complexity index is 841. The summed E-state index contributed by atoms with van der Waals surface area (Å²) < 4.78 is 11.0. The maximum absolute atomic E-state index is 12.6. The topological polar surface area (TPSA) is 114 Å². The number of rotatable bonds is 3. The predicted molar refractivity (Wildman–Crippen MR) is 96.3 cm³/mol. The molecule has 0 unspecified atom stereocenters. The van der Waals surface area contributed by atoms with Crippen molar-refractivity contribution in [1.82, 2.24) is 15.3 Å². The van der Waals surface area contributed by atoms with Gasteiger partial charge in [0, 0.05) is 25.9 Å². The van der Waals surface area contributed by atoms with Crippen molar-refractivity contribution in [3.05, 3.63) is 18.3 Å². The van der Waals surface area contributed by atoms with Gasteiger partial charge in [-0.3, -0.25) is 9.80 Å². The molecule has 9 nitrogen and oxygen atoms in total. The van der Waals surface area contributed by atoms with E-state index < -0.39 is 17.7 Å². The monoisotopic (exact) mass is 361 g/mol. The summed E-state index contributed by atoms with van der Waals surface area (Å²) in [6.07, 6.45) is 1.43. The van der Waals surface area contributed by atoms with Crippen LogP contribution in [0.2, 0.25) is 0 Å². The lowest BCUT2D eigenvalue weighted by Gasteiger charge is -2.27. The molecule has 140 valence electrons. The highest BCUT2D eigenvalue weighted by molar-refractivity contribution is 5.91. The fourth-order valence-corrected chi connectivity index (χ4v) is 2.80. The molecular weight excluding hydrogens is 338 g/mol. The summed E-state index contributed by atoms with van der Waals surface area (Å²) in [5, 5.41) is 6.43. The van der Waals surface area contributed by atoms with Crippen LogP contribution in [-0.4, -0.2) is 47.2 Å². The van der Waals surface area contributed by atoms with Crippen LogP contribution in [0.15, 0.2) is 22.7 Å². The van der Waals surface area contributed by atoms with Gasteiger partial charge < -0.3 is 20.2 Å². The lowest BCUT2D eigenvalue weighted by molar-refractivity contribution is -0.129. The van der Waals surface area contributed by atoms with Crippen LogP contribution in [0.4, 0.5) is 16.5 Å². The van der Waals surface area contributed by atoms with E-state index in [1.165, 1.54) is 5.01 Å². The Morgan fingerprint density at radius 1 is 1.50 bits per heavy atom. The van der Waals surface area contributed by atoms with E-state index >= 15 is 0 Å². The number of amides is 2. The molecule has 2 aromatic heterocycles. The number of hydrogen-bond donors (Lipinski definition) is 2. The van der Waals surface area contributed by atoms with E-state index in [0.717, 1.165) is 0 Å². The number of fused-ring (bicyclic) bond motifs is 1. The number of furan rings is 1. The first-order valence-corrected chi connectivity index (χ1v) is 8.34. The van der Waals surface area contributed by atoms with Crippen LogP contribution in [0.1, 0.15) is 27.2 Å². The van der Waals surface area contributed by atoms with Crippen LogP contribution in [0, 0.1) is 0 Å². The molecule has 0 radical (unpaired) electrons. The molecular formula is C17H23N5O4. The molecule has 1 fully saturated rings. The number of nitrogens with two attached hydrogens (primary N) is 1. The number of aromatic nitrogens is 1. The molecule has 1 aliphatic heterocycles. The number of nitrogens with one attached hydrogen (secondary N) is 1. The first kappa shape index (κ1) is 17.8. The molecule has 0 spiro atoms. The van der Waals surface area contributed by atoms with Crippen molar-refractivity contribution in [2.75, 3.05) is 24.3 Å². The fourth-order valence-electron chi connectivity index (χ4n) is 2.80. The highest BCUT2D eigenvalue weighted by Gasteiger charge is 2.37. The van der Waals surface area contributed by atoms with Crippen molar-refractivity contribution in [3.8, 4) is 0 Å². The summed E-state index contributed by atoms with van der Waals surface area (Å²) in [6.45, 7) is 5.75. The number of anilines is 2. The minimum absolute atomic E-state index is 0.232. The quantitative estimate of drug-likeness (QED) is 0.858. The smallest absolute Gasteiger partial charge is 0.408 e. The molecule has 1 saturated heterocycles. The van der Waals surface area contributed by atoms with E-state index in [1.54, 1.807) is 51.2 Å². The maximum Gasteiger partial charge on any atom is 0.408 e. The zero-order chi connectivity index (χ0) is 19.1. The van der Waals surface area contributed by atoms with Crippen LogP contribution in [-0.2, 0) is 9.53 Å². The normalized spacial score (nSPS) is 17.6. The number of alkyl carbamates (subject to hydrolysis) is 1. The van der Waals surface area contributed by atoms with Gasteiger partial charge in [-0.1, -0.05) is 0 Å². The third-order valence-corrected chi connectivity index (χ3v) is 4.02. The zero-order valence-corrected chi connectivity index (χ0v) is 15.3. The summed E-state index contributed by atoms with van der Waals surface area (Å²) in [5.74, 6) is 0.596. The number of hydrazine groups is 1. The molecule has 3 rings (SSSR count). The highest BCUT2D eigenvalue weighted by Crippen LogP contribution is 2.30. The van der Waals surface area contributed by atoms with Gasteiger partial charge in [0.05, 0.1) is 5.39 Å². The molecule has 1 atom stereocenters. The van der Waals surface area contributed by atoms with Gasteiger partial charge in [-0.05, 0) is 33.3 Å². The van der Waals surface area contributed by atoms with Gasteiger partial charge >= 0.3 is 6.09 Å². The molecule has 3 heterocycles. The largest absolute Gasteiger partial charge is 0.444 e. The second-order valence-electron chi connectivity index (χ2n) is 7.17. The van der Waals surface area contributed by atoms with E-state index in [0.29, 0.717) is 35.6 Å². The Morgan fingerprint density at radius 2 is 2.23 bits per heavy atom. The fraction of sp³-hybridized carbons (Fsp3) is 0.471. The number of nitrogens with zero attached hydrogens (tertiary/aromatic N) is 3. The number of carbonyl (C=O) groups excluding carboxylic acids is 2. The number of carbonyl (C=O) groups is 2. The Morgan fingerprint density at radius 3 is 2.88 bits per heavy atom. The Balaban J connectivity index is 1.70. The second kappa shape index (κ2) is 6.40. The number of ether oxygens (including phenoxy) is 1. The van der Waals surface area contributed by atoms with Crippen molar-refractivity contribution in [3.63, 3.8) is 0 Å². The van der Waals surface area contributed by atoms with Gasteiger partial charge in [0.1, 0.15) is 23.0 Å². The van der Waals surface area contributed by atoms with Crippen LogP contribution in [0.5, 0.6) is 0 Å². The molecule has 3 N–H and O–H groups in total. The number of pyridine rings is 1. The zero-order valence-electron chi connectivity index (χ0n) is 15.3.